The first kappa shape index (κ1) is 22.1. The summed E-state index contributed by atoms with van der Waals surface area (Å²) in [6.07, 6.45) is 4.70. The van der Waals surface area contributed by atoms with Gasteiger partial charge in [-0.15, -0.1) is 6.58 Å². The predicted molar refractivity (Wildman–Crippen MR) is 116 cm³/mol. The summed E-state index contributed by atoms with van der Waals surface area (Å²) < 4.78 is 11.3. The van der Waals surface area contributed by atoms with Crippen molar-refractivity contribution in [2.45, 2.75) is 19.8 Å². The van der Waals surface area contributed by atoms with Crippen molar-refractivity contribution >= 4 is 29.3 Å². The Morgan fingerprint density at radius 3 is 2.76 bits per heavy atom. The third-order valence-corrected chi connectivity index (χ3v) is 4.18. The Balaban J connectivity index is 2.38. The number of rotatable bonds is 9. The summed E-state index contributed by atoms with van der Waals surface area (Å²) in [5.74, 6) is 0.662. The average Bonchev–Trinajstić information content (AvgIpc) is 2.71. The van der Waals surface area contributed by atoms with Crippen LogP contribution in [0.3, 0.4) is 0 Å². The molecule has 0 saturated carbocycles. The zero-order chi connectivity index (χ0) is 21.2. The fourth-order valence-electron chi connectivity index (χ4n) is 2.67. The highest BCUT2D eigenvalue weighted by atomic mass is 35.5. The van der Waals surface area contributed by atoms with Gasteiger partial charge in [0.05, 0.1) is 13.7 Å². The molecule has 0 unspecified atom stereocenters. The van der Waals surface area contributed by atoms with Crippen LogP contribution in [0.1, 0.15) is 24.5 Å². The van der Waals surface area contributed by atoms with Crippen molar-refractivity contribution in [2.75, 3.05) is 19.0 Å². The van der Waals surface area contributed by atoms with Crippen molar-refractivity contribution in [3.63, 3.8) is 0 Å². The Hall–Kier alpha value is -3.23. The van der Waals surface area contributed by atoms with Crippen LogP contribution in [0.15, 0.2) is 54.6 Å². The summed E-state index contributed by atoms with van der Waals surface area (Å²) in [5, 5.41) is 12.7. The third kappa shape index (κ3) is 6.13. The number of nitrogens with one attached hydrogen (secondary N) is 1. The Morgan fingerprint density at radius 1 is 1.34 bits per heavy atom. The highest BCUT2D eigenvalue weighted by molar-refractivity contribution is 6.31. The van der Waals surface area contributed by atoms with Crippen molar-refractivity contribution in [1.29, 1.82) is 5.26 Å². The number of carbonyl (C=O) groups is 1. The number of ether oxygens (including phenoxy) is 2. The number of methoxy groups -OCH3 is 1. The molecule has 1 amide bonds. The fourth-order valence-corrected chi connectivity index (χ4v) is 2.86. The van der Waals surface area contributed by atoms with E-state index in [1.807, 2.05) is 19.1 Å². The van der Waals surface area contributed by atoms with Gasteiger partial charge in [0, 0.05) is 16.3 Å². The Labute approximate surface area is 176 Å². The van der Waals surface area contributed by atoms with Crippen LogP contribution in [0, 0.1) is 11.3 Å². The molecule has 0 aliphatic heterocycles. The van der Waals surface area contributed by atoms with E-state index in [4.69, 9.17) is 21.1 Å². The number of carbonyl (C=O) groups excluding carboxylic acids is 1. The molecule has 0 spiro atoms. The minimum absolute atomic E-state index is 0.0428. The molecule has 150 valence electrons. The SMILES string of the molecule is C=CCc1cc(/C=C(\C#N)C(=O)Nc2cccc(Cl)c2)cc(OC)c1OCCC. The molecule has 0 aliphatic carbocycles. The fraction of sp³-hybridized carbons (Fsp3) is 0.217. The second-order valence-corrected chi connectivity index (χ2v) is 6.62. The molecule has 0 aromatic heterocycles. The summed E-state index contributed by atoms with van der Waals surface area (Å²) in [4.78, 5) is 12.5. The molecule has 0 saturated heterocycles. The van der Waals surface area contributed by atoms with Crippen molar-refractivity contribution in [3.05, 3.63) is 70.8 Å². The van der Waals surface area contributed by atoms with E-state index in [0.29, 0.717) is 40.8 Å². The minimum atomic E-state index is -0.523. The van der Waals surface area contributed by atoms with E-state index >= 15 is 0 Å². The summed E-state index contributed by atoms with van der Waals surface area (Å²) >= 11 is 5.94. The molecule has 0 heterocycles. The minimum Gasteiger partial charge on any atom is -0.493 e. The van der Waals surface area contributed by atoms with Gasteiger partial charge in [0.1, 0.15) is 11.6 Å². The smallest absolute Gasteiger partial charge is 0.266 e. The lowest BCUT2D eigenvalue weighted by molar-refractivity contribution is -0.112. The van der Waals surface area contributed by atoms with E-state index in [1.54, 1.807) is 43.5 Å². The number of nitriles is 1. The Morgan fingerprint density at radius 2 is 2.14 bits per heavy atom. The molecular weight excluding hydrogens is 388 g/mol. The van der Waals surface area contributed by atoms with Crippen molar-refractivity contribution < 1.29 is 14.3 Å². The first-order valence-corrected chi connectivity index (χ1v) is 9.53. The maximum Gasteiger partial charge on any atom is 0.266 e. The molecule has 5 nitrogen and oxygen atoms in total. The number of halogens is 1. The van der Waals surface area contributed by atoms with Gasteiger partial charge in [0.25, 0.3) is 5.91 Å². The van der Waals surface area contributed by atoms with Crippen molar-refractivity contribution in [3.8, 4) is 17.6 Å². The number of amides is 1. The second-order valence-electron chi connectivity index (χ2n) is 6.19. The first-order chi connectivity index (χ1) is 14.0. The molecule has 0 atom stereocenters. The summed E-state index contributed by atoms with van der Waals surface area (Å²) in [5.41, 5.74) is 1.99. The lowest BCUT2D eigenvalue weighted by atomic mass is 10.0. The first-order valence-electron chi connectivity index (χ1n) is 9.15. The molecular formula is C23H23ClN2O3. The third-order valence-electron chi connectivity index (χ3n) is 3.95. The average molecular weight is 411 g/mol. The molecule has 2 aromatic carbocycles. The number of allylic oxidation sites excluding steroid dienone is 1. The summed E-state index contributed by atoms with van der Waals surface area (Å²) in [7, 11) is 1.55. The van der Waals surface area contributed by atoms with Gasteiger partial charge in [-0.1, -0.05) is 30.7 Å². The van der Waals surface area contributed by atoms with Gasteiger partial charge in [0.2, 0.25) is 0 Å². The number of benzene rings is 2. The predicted octanol–water partition coefficient (Wildman–Crippen LogP) is 5.41. The van der Waals surface area contributed by atoms with Crippen LogP contribution >= 0.6 is 11.6 Å². The molecule has 0 bridgehead atoms. The van der Waals surface area contributed by atoms with Crippen LogP contribution in [0.4, 0.5) is 5.69 Å². The quantitative estimate of drug-likeness (QED) is 0.340. The van der Waals surface area contributed by atoms with E-state index in [0.717, 1.165) is 12.0 Å². The highest BCUT2D eigenvalue weighted by Crippen LogP contribution is 2.34. The number of anilines is 1. The van der Waals surface area contributed by atoms with Crippen LogP contribution < -0.4 is 14.8 Å². The molecule has 2 rings (SSSR count). The van der Waals surface area contributed by atoms with Gasteiger partial charge in [-0.2, -0.15) is 5.26 Å². The van der Waals surface area contributed by atoms with Crippen LogP contribution in [0.25, 0.3) is 6.08 Å². The maximum atomic E-state index is 12.5. The van der Waals surface area contributed by atoms with Gasteiger partial charge in [-0.05, 0) is 54.8 Å². The van der Waals surface area contributed by atoms with Gasteiger partial charge in [-0.3, -0.25) is 4.79 Å². The van der Waals surface area contributed by atoms with Gasteiger partial charge < -0.3 is 14.8 Å². The second kappa shape index (κ2) is 10.9. The monoisotopic (exact) mass is 410 g/mol. The van der Waals surface area contributed by atoms with E-state index < -0.39 is 5.91 Å². The maximum absolute atomic E-state index is 12.5. The van der Waals surface area contributed by atoms with E-state index in [9.17, 15) is 10.1 Å². The molecule has 0 fully saturated rings. The molecule has 1 N–H and O–H groups in total. The van der Waals surface area contributed by atoms with Crippen molar-refractivity contribution in [1.82, 2.24) is 0 Å². The summed E-state index contributed by atoms with van der Waals surface area (Å²) in [6.45, 7) is 6.36. The van der Waals surface area contributed by atoms with Gasteiger partial charge in [0.15, 0.2) is 11.5 Å². The number of nitrogens with zero attached hydrogens (tertiary/aromatic N) is 1. The van der Waals surface area contributed by atoms with Crippen LogP contribution in [-0.2, 0) is 11.2 Å². The number of hydrogen-bond donors (Lipinski definition) is 1. The molecule has 2 aromatic rings. The molecule has 0 aliphatic rings. The zero-order valence-electron chi connectivity index (χ0n) is 16.5. The summed E-state index contributed by atoms with van der Waals surface area (Å²) in [6, 6.07) is 12.3. The topological polar surface area (TPSA) is 71.4 Å². The number of hydrogen-bond acceptors (Lipinski definition) is 4. The largest absolute Gasteiger partial charge is 0.493 e. The lowest BCUT2D eigenvalue weighted by Gasteiger charge is -2.15. The normalized spacial score (nSPS) is 10.8. The molecule has 6 heteroatoms. The highest BCUT2D eigenvalue weighted by Gasteiger charge is 2.14. The van der Waals surface area contributed by atoms with E-state index in [1.165, 1.54) is 6.08 Å². The van der Waals surface area contributed by atoms with Gasteiger partial charge in [-0.25, -0.2) is 0 Å². The van der Waals surface area contributed by atoms with E-state index in [2.05, 4.69) is 11.9 Å². The van der Waals surface area contributed by atoms with Crippen LogP contribution in [0.5, 0.6) is 11.5 Å². The molecule has 29 heavy (non-hydrogen) atoms. The Bertz CT molecular complexity index is 961. The van der Waals surface area contributed by atoms with Gasteiger partial charge >= 0.3 is 0 Å². The van der Waals surface area contributed by atoms with Crippen LogP contribution in [0.2, 0.25) is 5.02 Å². The lowest BCUT2D eigenvalue weighted by Crippen LogP contribution is -2.13. The molecule has 0 radical (unpaired) electrons. The van der Waals surface area contributed by atoms with Crippen molar-refractivity contribution in [2.24, 2.45) is 0 Å². The standard InChI is InChI=1S/C23H23ClN2O3/c1-4-7-17-11-16(13-21(28-3)22(17)29-10-5-2)12-18(15-25)23(27)26-20-9-6-8-19(24)14-20/h4,6,8-9,11-14H,1,5,7,10H2,2-3H3,(H,26,27)/b18-12+. The Kier molecular flexibility index (Phi) is 8.32. The van der Waals surface area contributed by atoms with Crippen LogP contribution in [-0.4, -0.2) is 19.6 Å². The zero-order valence-corrected chi connectivity index (χ0v) is 17.3. The van der Waals surface area contributed by atoms with E-state index in [-0.39, 0.29) is 5.57 Å².